The van der Waals surface area contributed by atoms with Crippen molar-refractivity contribution in [2.24, 2.45) is 0 Å². The van der Waals surface area contributed by atoms with E-state index in [-0.39, 0.29) is 77.2 Å². The molecule has 1 heterocycles. The van der Waals surface area contributed by atoms with Crippen molar-refractivity contribution < 1.29 is 42.9 Å². The molecule has 0 saturated carbocycles. The molecule has 2 aliphatic rings. The first-order valence-corrected chi connectivity index (χ1v) is 20.2. The summed E-state index contributed by atoms with van der Waals surface area (Å²) in [7, 11) is 0. The summed E-state index contributed by atoms with van der Waals surface area (Å²) in [4.78, 5) is 72.1. The van der Waals surface area contributed by atoms with Gasteiger partial charge in [0.15, 0.2) is 0 Å². The minimum atomic E-state index is -0.745. The number of hydrogen-bond acceptors (Lipinski definition) is 10. The van der Waals surface area contributed by atoms with Crippen molar-refractivity contribution >= 4 is 30.3 Å². The van der Waals surface area contributed by atoms with Crippen molar-refractivity contribution in [1.29, 1.82) is 0 Å². The third-order valence-electron chi connectivity index (χ3n) is 9.32. The molecule has 2 aromatic rings. The zero-order valence-corrected chi connectivity index (χ0v) is 35.9. The lowest BCUT2D eigenvalue weighted by Gasteiger charge is -2.35. The number of rotatable bonds is 8. The molecular formula is C43H64N6O9. The Kier molecular flexibility index (Phi) is 15.8. The molecule has 1 saturated heterocycles. The Bertz CT molecular complexity index is 1640. The van der Waals surface area contributed by atoms with Gasteiger partial charge in [-0.3, -0.25) is 9.69 Å². The first kappa shape index (κ1) is 45.6. The molecule has 1 aliphatic carbocycles. The Hall–Kier alpha value is -5.05. The van der Waals surface area contributed by atoms with Gasteiger partial charge in [-0.2, -0.15) is 0 Å². The number of nitrogens with one attached hydrogen (secondary N) is 2. The lowest BCUT2D eigenvalue weighted by atomic mass is 9.98. The van der Waals surface area contributed by atoms with Crippen LogP contribution in [0.1, 0.15) is 85.8 Å². The van der Waals surface area contributed by atoms with E-state index in [1.54, 1.807) is 72.1 Å². The van der Waals surface area contributed by atoms with Gasteiger partial charge in [-0.25, -0.2) is 19.2 Å². The highest BCUT2D eigenvalue weighted by molar-refractivity contribution is 5.79. The fourth-order valence-electron chi connectivity index (χ4n) is 6.57. The number of carbonyl (C=O) groups excluding carboxylic acids is 5. The van der Waals surface area contributed by atoms with E-state index in [1.807, 2.05) is 24.3 Å². The van der Waals surface area contributed by atoms with E-state index < -0.39 is 41.2 Å². The number of ether oxygens (including phenoxy) is 4. The number of benzene rings is 2. The topological polar surface area (TPSA) is 159 Å². The minimum Gasteiger partial charge on any atom is -0.449 e. The maximum absolute atomic E-state index is 13.4. The minimum absolute atomic E-state index is 0.0528. The monoisotopic (exact) mass is 808 g/mol. The number of hydrogen-bond donors (Lipinski definition) is 2. The molecule has 320 valence electrons. The van der Waals surface area contributed by atoms with Crippen LogP contribution in [-0.4, -0.2) is 145 Å². The van der Waals surface area contributed by atoms with Gasteiger partial charge in [0.05, 0.1) is 0 Å². The Balaban J connectivity index is 1.33. The molecule has 2 N–H and O–H groups in total. The Morgan fingerprint density at radius 2 is 0.966 bits per heavy atom. The number of carbonyl (C=O) groups is 5. The molecule has 1 aliphatic heterocycles. The van der Waals surface area contributed by atoms with Crippen molar-refractivity contribution in [2.45, 2.75) is 91.5 Å². The third-order valence-corrected chi connectivity index (χ3v) is 9.32. The van der Waals surface area contributed by atoms with Crippen LogP contribution in [0.15, 0.2) is 48.5 Å². The molecule has 0 aromatic heterocycles. The molecule has 0 unspecified atom stereocenters. The van der Waals surface area contributed by atoms with E-state index in [0.29, 0.717) is 19.6 Å². The molecule has 15 nitrogen and oxygen atoms in total. The van der Waals surface area contributed by atoms with E-state index in [9.17, 15) is 24.0 Å². The number of nitrogens with zero attached hydrogens (tertiary/aromatic N) is 4. The van der Waals surface area contributed by atoms with E-state index in [2.05, 4.69) is 39.8 Å². The summed E-state index contributed by atoms with van der Waals surface area (Å²) >= 11 is 0. The summed E-state index contributed by atoms with van der Waals surface area (Å²) in [6, 6.07) is 16.2. The Morgan fingerprint density at radius 1 is 0.569 bits per heavy atom. The van der Waals surface area contributed by atoms with Crippen molar-refractivity contribution in [3.8, 4) is 11.1 Å². The maximum Gasteiger partial charge on any atom is 0.410 e. The van der Waals surface area contributed by atoms with Crippen molar-refractivity contribution in [1.82, 2.24) is 30.2 Å². The quantitative estimate of drug-likeness (QED) is 0.301. The number of alkyl carbamates (subject to hydrolysis) is 1. The van der Waals surface area contributed by atoms with Crippen LogP contribution < -0.4 is 10.6 Å². The predicted octanol–water partition coefficient (Wildman–Crippen LogP) is 6.06. The largest absolute Gasteiger partial charge is 0.449 e. The Labute approximate surface area is 343 Å². The molecule has 58 heavy (non-hydrogen) atoms. The molecule has 0 atom stereocenters. The predicted molar refractivity (Wildman–Crippen MR) is 221 cm³/mol. The van der Waals surface area contributed by atoms with Crippen LogP contribution in [0.4, 0.5) is 19.2 Å². The van der Waals surface area contributed by atoms with Gasteiger partial charge in [-0.1, -0.05) is 48.5 Å². The SMILES string of the molecule is CC(C)(C)OC(=O)N1CCN(CCNC(=O)CCNC(=O)OCC2c3ccccc3-c3ccccc32)CCN(C(=O)OC(C)(C)C)CCN(C(=O)OC(C)(C)C)CC1. The van der Waals surface area contributed by atoms with Crippen LogP contribution in [0.3, 0.4) is 0 Å². The standard InChI is InChI=1S/C43H64N6O9/c1-41(2,3)56-38(52)47-24-22-46(23-25-48(39(53)57-42(4,5)6)27-29-49(28-26-47)40(54)58-43(7,8)9)21-20-44-36(50)18-19-45-37(51)55-30-35-33-16-12-10-14-31(33)32-15-11-13-17-34(32)35/h10-17,35H,18-30H2,1-9H3,(H,44,50)(H,45,51). The van der Waals surface area contributed by atoms with Gasteiger partial charge in [0, 0.05) is 84.3 Å². The molecule has 4 rings (SSSR count). The first-order chi connectivity index (χ1) is 27.2. The summed E-state index contributed by atoms with van der Waals surface area (Å²) in [5.74, 6) is -0.312. The van der Waals surface area contributed by atoms with E-state index >= 15 is 0 Å². The summed E-state index contributed by atoms with van der Waals surface area (Å²) in [6.07, 6.45) is -2.12. The fraction of sp³-hybridized carbons (Fsp3) is 0.605. The van der Waals surface area contributed by atoms with E-state index in [1.165, 1.54) is 4.90 Å². The van der Waals surface area contributed by atoms with Gasteiger partial charge in [-0.05, 0) is 84.6 Å². The van der Waals surface area contributed by atoms with Crippen LogP contribution in [0.5, 0.6) is 0 Å². The van der Waals surface area contributed by atoms with Gasteiger partial charge in [0.1, 0.15) is 23.4 Å². The molecule has 0 spiro atoms. The molecule has 0 radical (unpaired) electrons. The summed E-state index contributed by atoms with van der Waals surface area (Å²) < 4.78 is 22.7. The summed E-state index contributed by atoms with van der Waals surface area (Å²) in [5.41, 5.74) is 2.31. The normalized spacial score (nSPS) is 15.9. The highest BCUT2D eigenvalue weighted by Crippen LogP contribution is 2.44. The van der Waals surface area contributed by atoms with Gasteiger partial charge >= 0.3 is 24.4 Å². The van der Waals surface area contributed by atoms with E-state index in [4.69, 9.17) is 18.9 Å². The smallest absolute Gasteiger partial charge is 0.410 e. The van der Waals surface area contributed by atoms with Crippen LogP contribution in [0.25, 0.3) is 11.1 Å². The lowest BCUT2D eigenvalue weighted by molar-refractivity contribution is -0.121. The summed E-state index contributed by atoms with van der Waals surface area (Å²) in [5, 5.41) is 5.60. The average molecular weight is 809 g/mol. The highest BCUT2D eigenvalue weighted by atomic mass is 16.6. The second-order valence-electron chi connectivity index (χ2n) is 17.6. The van der Waals surface area contributed by atoms with E-state index in [0.717, 1.165) is 22.3 Å². The van der Waals surface area contributed by atoms with Gasteiger partial charge in [-0.15, -0.1) is 0 Å². The van der Waals surface area contributed by atoms with Crippen molar-refractivity contribution in [2.75, 3.05) is 78.6 Å². The van der Waals surface area contributed by atoms with Crippen molar-refractivity contribution in [3.63, 3.8) is 0 Å². The molecular weight excluding hydrogens is 745 g/mol. The molecule has 15 heteroatoms. The number of fused-ring (bicyclic) bond motifs is 3. The second kappa shape index (κ2) is 20.1. The second-order valence-corrected chi connectivity index (χ2v) is 17.6. The zero-order chi connectivity index (χ0) is 42.7. The van der Waals surface area contributed by atoms with Crippen LogP contribution in [-0.2, 0) is 23.7 Å². The van der Waals surface area contributed by atoms with Crippen LogP contribution >= 0.6 is 0 Å². The third kappa shape index (κ3) is 14.7. The van der Waals surface area contributed by atoms with Crippen LogP contribution in [0, 0.1) is 0 Å². The Morgan fingerprint density at radius 3 is 1.38 bits per heavy atom. The highest BCUT2D eigenvalue weighted by Gasteiger charge is 2.31. The first-order valence-electron chi connectivity index (χ1n) is 20.2. The zero-order valence-electron chi connectivity index (χ0n) is 35.9. The lowest BCUT2D eigenvalue weighted by Crippen LogP contribution is -2.52. The van der Waals surface area contributed by atoms with Gasteiger partial charge in [0.25, 0.3) is 0 Å². The van der Waals surface area contributed by atoms with Gasteiger partial charge < -0.3 is 44.3 Å². The molecule has 2 aromatic carbocycles. The summed E-state index contributed by atoms with van der Waals surface area (Å²) in [6.45, 7) is 19.0. The average Bonchev–Trinajstić information content (AvgIpc) is 3.43. The molecule has 5 amide bonds. The number of amides is 5. The maximum atomic E-state index is 13.4. The fourth-order valence-corrected chi connectivity index (χ4v) is 6.57. The van der Waals surface area contributed by atoms with Gasteiger partial charge in [0.2, 0.25) is 5.91 Å². The molecule has 0 bridgehead atoms. The van der Waals surface area contributed by atoms with Crippen LogP contribution in [0.2, 0.25) is 0 Å². The molecule has 1 fully saturated rings. The van der Waals surface area contributed by atoms with Crippen molar-refractivity contribution in [3.05, 3.63) is 59.7 Å².